The minimum Gasteiger partial charge on any atom is -0.426 e. The summed E-state index contributed by atoms with van der Waals surface area (Å²) in [5.41, 5.74) is 8.77. The van der Waals surface area contributed by atoms with Crippen molar-refractivity contribution in [1.29, 1.82) is 0 Å². The second kappa shape index (κ2) is 5.95. The molecule has 4 aromatic rings. The summed E-state index contributed by atoms with van der Waals surface area (Å²) in [4.78, 5) is 11.6. The van der Waals surface area contributed by atoms with Gasteiger partial charge in [-0.3, -0.25) is 4.79 Å². The van der Waals surface area contributed by atoms with Gasteiger partial charge < -0.3 is 10.5 Å². The molecule has 2 N–H and O–H groups in total. The number of hydrogen-bond donors (Lipinski definition) is 1. The molecule has 0 amide bonds. The van der Waals surface area contributed by atoms with Gasteiger partial charge in [-0.05, 0) is 33.7 Å². The molecule has 0 bridgehead atoms. The monoisotopic (exact) mass is 327 g/mol. The predicted octanol–water partition coefficient (Wildman–Crippen LogP) is 5.17. The summed E-state index contributed by atoms with van der Waals surface area (Å²) in [6.07, 6.45) is 0. The van der Waals surface area contributed by atoms with E-state index in [2.05, 4.69) is 6.07 Å². The van der Waals surface area contributed by atoms with Gasteiger partial charge in [0.05, 0.1) is 0 Å². The van der Waals surface area contributed by atoms with Gasteiger partial charge in [-0.25, -0.2) is 0 Å². The molecule has 0 heterocycles. The summed E-state index contributed by atoms with van der Waals surface area (Å²) >= 11 is 0. The number of nitrogens with two attached hydrogens (primary N) is 1. The predicted molar refractivity (Wildman–Crippen MR) is 103 cm³/mol. The van der Waals surface area contributed by atoms with Crippen LogP contribution in [0.4, 0.5) is 5.69 Å². The molecule has 3 heteroatoms. The number of anilines is 1. The molecule has 0 saturated carbocycles. The molecule has 4 aromatic carbocycles. The lowest BCUT2D eigenvalue weighted by Gasteiger charge is -2.16. The van der Waals surface area contributed by atoms with E-state index in [0.717, 1.165) is 32.7 Å². The largest absolute Gasteiger partial charge is 0.426 e. The molecule has 0 fully saturated rings. The summed E-state index contributed by atoms with van der Waals surface area (Å²) in [7, 11) is 0. The van der Waals surface area contributed by atoms with Gasteiger partial charge in [0.25, 0.3) is 0 Å². The van der Waals surface area contributed by atoms with E-state index in [9.17, 15) is 4.79 Å². The van der Waals surface area contributed by atoms with Crippen LogP contribution < -0.4 is 10.5 Å². The van der Waals surface area contributed by atoms with Crippen molar-refractivity contribution in [3.63, 3.8) is 0 Å². The van der Waals surface area contributed by atoms with Crippen LogP contribution in [0.2, 0.25) is 0 Å². The van der Waals surface area contributed by atoms with E-state index in [0.29, 0.717) is 11.4 Å². The van der Waals surface area contributed by atoms with E-state index < -0.39 is 0 Å². The number of carbonyl (C=O) groups is 1. The van der Waals surface area contributed by atoms with E-state index in [1.54, 1.807) is 0 Å². The smallest absolute Gasteiger partial charge is 0.308 e. The highest BCUT2D eigenvalue weighted by molar-refractivity contribution is 6.11. The van der Waals surface area contributed by atoms with Crippen molar-refractivity contribution in [1.82, 2.24) is 0 Å². The maximum Gasteiger partial charge on any atom is 0.308 e. The first-order chi connectivity index (χ1) is 12.1. The Morgan fingerprint density at radius 2 is 1.32 bits per heavy atom. The molecule has 3 nitrogen and oxygen atoms in total. The third-order valence-electron chi connectivity index (χ3n) is 4.36. The fraction of sp³-hybridized carbons (Fsp3) is 0.0455. The molecule has 0 atom stereocenters. The fourth-order valence-corrected chi connectivity index (χ4v) is 3.32. The molecule has 0 aliphatic rings. The van der Waals surface area contributed by atoms with Crippen LogP contribution in [0.5, 0.6) is 5.75 Å². The number of rotatable bonds is 2. The quantitative estimate of drug-likeness (QED) is 0.314. The lowest BCUT2D eigenvalue weighted by Crippen LogP contribution is -2.04. The normalized spacial score (nSPS) is 10.9. The van der Waals surface area contributed by atoms with Crippen molar-refractivity contribution in [3.8, 4) is 16.9 Å². The topological polar surface area (TPSA) is 52.3 Å². The summed E-state index contributed by atoms with van der Waals surface area (Å²) in [6.45, 7) is 1.41. The standard InChI is InChI=1S/C22H17NO2/c1-14(24)25-20-13-11-16-7-3-5-9-18(16)22(20)21-17-8-4-2-6-15(17)10-12-19(21)23/h2-13H,23H2,1H3. The molecule has 0 unspecified atom stereocenters. The Kier molecular flexibility index (Phi) is 3.62. The van der Waals surface area contributed by atoms with E-state index in [1.807, 2.05) is 66.7 Å². The Morgan fingerprint density at radius 1 is 0.760 bits per heavy atom. The zero-order chi connectivity index (χ0) is 17.4. The Bertz CT molecular complexity index is 1120. The van der Waals surface area contributed by atoms with Crippen molar-refractivity contribution in [2.24, 2.45) is 0 Å². The highest BCUT2D eigenvalue weighted by Gasteiger charge is 2.17. The van der Waals surface area contributed by atoms with Crippen LogP contribution in [-0.2, 0) is 4.79 Å². The summed E-state index contributed by atoms with van der Waals surface area (Å²) < 4.78 is 5.52. The average Bonchev–Trinajstić information content (AvgIpc) is 2.62. The molecule has 0 saturated heterocycles. The van der Waals surface area contributed by atoms with Gasteiger partial charge in [0.15, 0.2) is 0 Å². The second-order valence-corrected chi connectivity index (χ2v) is 6.00. The SMILES string of the molecule is CC(=O)Oc1ccc2ccccc2c1-c1c(N)ccc2ccccc12. The van der Waals surface area contributed by atoms with Crippen LogP contribution in [0.15, 0.2) is 72.8 Å². The van der Waals surface area contributed by atoms with E-state index >= 15 is 0 Å². The van der Waals surface area contributed by atoms with E-state index in [-0.39, 0.29) is 5.97 Å². The first-order valence-corrected chi connectivity index (χ1v) is 8.13. The summed E-state index contributed by atoms with van der Waals surface area (Å²) in [5, 5.41) is 4.20. The molecule has 4 rings (SSSR count). The number of benzene rings is 4. The number of esters is 1. The fourth-order valence-electron chi connectivity index (χ4n) is 3.32. The van der Waals surface area contributed by atoms with Crippen molar-refractivity contribution < 1.29 is 9.53 Å². The zero-order valence-corrected chi connectivity index (χ0v) is 13.8. The molecule has 25 heavy (non-hydrogen) atoms. The summed E-state index contributed by atoms with van der Waals surface area (Å²) in [6, 6.07) is 23.8. The lowest BCUT2D eigenvalue weighted by molar-refractivity contribution is -0.131. The van der Waals surface area contributed by atoms with Gasteiger partial charge in [-0.1, -0.05) is 60.7 Å². The molecule has 122 valence electrons. The Hall–Kier alpha value is -3.33. The summed E-state index contributed by atoms with van der Waals surface area (Å²) in [5.74, 6) is 0.171. The lowest BCUT2D eigenvalue weighted by atomic mass is 9.92. The minimum atomic E-state index is -0.352. The Morgan fingerprint density at radius 3 is 1.96 bits per heavy atom. The zero-order valence-electron chi connectivity index (χ0n) is 13.8. The number of hydrogen-bond acceptors (Lipinski definition) is 3. The average molecular weight is 327 g/mol. The van der Waals surface area contributed by atoms with Crippen molar-refractivity contribution >= 4 is 33.2 Å². The van der Waals surface area contributed by atoms with Crippen molar-refractivity contribution in [3.05, 3.63) is 72.8 Å². The second-order valence-electron chi connectivity index (χ2n) is 6.00. The highest BCUT2D eigenvalue weighted by Crippen LogP contribution is 2.43. The molecule has 0 aliphatic heterocycles. The third-order valence-corrected chi connectivity index (χ3v) is 4.36. The van der Waals surface area contributed by atoms with Gasteiger partial charge in [0, 0.05) is 23.7 Å². The molecular weight excluding hydrogens is 310 g/mol. The number of ether oxygens (including phenoxy) is 1. The van der Waals surface area contributed by atoms with Crippen LogP contribution in [0.1, 0.15) is 6.92 Å². The third kappa shape index (κ3) is 2.60. The van der Waals surface area contributed by atoms with Gasteiger partial charge in [-0.15, -0.1) is 0 Å². The number of fused-ring (bicyclic) bond motifs is 2. The maximum absolute atomic E-state index is 11.6. The van der Waals surface area contributed by atoms with Gasteiger partial charge in [0.2, 0.25) is 0 Å². The first-order valence-electron chi connectivity index (χ1n) is 8.13. The highest BCUT2D eigenvalue weighted by atomic mass is 16.5. The van der Waals surface area contributed by atoms with Crippen LogP contribution >= 0.6 is 0 Å². The molecular formula is C22H17NO2. The van der Waals surface area contributed by atoms with E-state index in [4.69, 9.17) is 10.5 Å². The maximum atomic E-state index is 11.6. The minimum absolute atomic E-state index is 0.352. The van der Waals surface area contributed by atoms with Crippen LogP contribution in [0.3, 0.4) is 0 Å². The van der Waals surface area contributed by atoms with E-state index in [1.165, 1.54) is 6.92 Å². The molecule has 0 radical (unpaired) electrons. The number of carbonyl (C=O) groups excluding carboxylic acids is 1. The van der Waals surface area contributed by atoms with Crippen molar-refractivity contribution in [2.75, 3.05) is 5.73 Å². The van der Waals surface area contributed by atoms with Gasteiger partial charge >= 0.3 is 5.97 Å². The van der Waals surface area contributed by atoms with Crippen LogP contribution in [0, 0.1) is 0 Å². The first kappa shape index (κ1) is 15.2. The van der Waals surface area contributed by atoms with Crippen LogP contribution in [-0.4, -0.2) is 5.97 Å². The Balaban J connectivity index is 2.16. The molecule has 0 spiro atoms. The molecule has 0 aliphatic carbocycles. The Labute approximate surface area is 145 Å². The molecule has 0 aromatic heterocycles. The van der Waals surface area contributed by atoms with Gasteiger partial charge in [0.1, 0.15) is 5.75 Å². The van der Waals surface area contributed by atoms with Crippen LogP contribution in [0.25, 0.3) is 32.7 Å². The van der Waals surface area contributed by atoms with Crippen molar-refractivity contribution in [2.45, 2.75) is 6.92 Å². The number of nitrogen functional groups attached to an aromatic ring is 1. The van der Waals surface area contributed by atoms with Gasteiger partial charge in [-0.2, -0.15) is 0 Å².